The Morgan fingerprint density at radius 3 is 2.52 bits per heavy atom. The first-order chi connectivity index (χ1) is 15.1. The maximum absolute atomic E-state index is 13.1. The van der Waals surface area contributed by atoms with Gasteiger partial charge in [-0.25, -0.2) is 0 Å². The SMILES string of the molecule is O=C1C(=O)N(C[C@@H]2CCCO2)[C@H](c2ccccc2)C1=C(O)c1ccc2c(c1)OCCO2. The molecule has 2 aromatic rings. The summed E-state index contributed by atoms with van der Waals surface area (Å²) in [6, 6.07) is 13.6. The topological polar surface area (TPSA) is 85.3 Å². The molecule has 1 N–H and O–H groups in total. The Morgan fingerprint density at radius 2 is 1.77 bits per heavy atom. The number of nitrogens with zero attached hydrogens (tertiary/aromatic N) is 1. The molecule has 160 valence electrons. The van der Waals surface area contributed by atoms with E-state index in [-0.39, 0.29) is 17.4 Å². The molecule has 3 heterocycles. The fraction of sp³-hybridized carbons (Fsp3) is 0.333. The predicted octanol–water partition coefficient (Wildman–Crippen LogP) is 3.06. The van der Waals surface area contributed by atoms with Crippen LogP contribution in [0.25, 0.3) is 5.76 Å². The summed E-state index contributed by atoms with van der Waals surface area (Å²) >= 11 is 0. The van der Waals surface area contributed by atoms with Crippen LogP contribution < -0.4 is 9.47 Å². The molecule has 5 rings (SSSR count). The Morgan fingerprint density at radius 1 is 1.00 bits per heavy atom. The van der Waals surface area contributed by atoms with Crippen molar-refractivity contribution in [3.63, 3.8) is 0 Å². The van der Waals surface area contributed by atoms with Gasteiger partial charge in [-0.15, -0.1) is 0 Å². The summed E-state index contributed by atoms with van der Waals surface area (Å²) in [4.78, 5) is 27.6. The first-order valence-corrected chi connectivity index (χ1v) is 10.5. The van der Waals surface area contributed by atoms with E-state index >= 15 is 0 Å². The van der Waals surface area contributed by atoms with Crippen LogP contribution in [0.1, 0.15) is 30.0 Å². The van der Waals surface area contributed by atoms with Gasteiger partial charge in [-0.05, 0) is 36.6 Å². The maximum atomic E-state index is 13.1. The molecule has 7 heteroatoms. The van der Waals surface area contributed by atoms with Crippen molar-refractivity contribution in [3.8, 4) is 11.5 Å². The summed E-state index contributed by atoms with van der Waals surface area (Å²) in [6.07, 6.45) is 1.66. The van der Waals surface area contributed by atoms with E-state index in [1.165, 1.54) is 4.90 Å². The van der Waals surface area contributed by atoms with Crippen molar-refractivity contribution in [1.82, 2.24) is 4.90 Å². The van der Waals surface area contributed by atoms with Crippen LogP contribution in [0.15, 0.2) is 54.1 Å². The summed E-state index contributed by atoms with van der Waals surface area (Å²) in [5.41, 5.74) is 1.24. The zero-order valence-electron chi connectivity index (χ0n) is 17.0. The number of carbonyl (C=O) groups is 2. The van der Waals surface area contributed by atoms with E-state index in [1.807, 2.05) is 30.3 Å². The van der Waals surface area contributed by atoms with E-state index in [0.29, 0.717) is 43.4 Å². The molecule has 0 aromatic heterocycles. The molecule has 0 bridgehead atoms. The number of ketones is 1. The lowest BCUT2D eigenvalue weighted by Crippen LogP contribution is -2.36. The fourth-order valence-corrected chi connectivity index (χ4v) is 4.40. The second kappa shape index (κ2) is 8.07. The van der Waals surface area contributed by atoms with E-state index in [1.54, 1.807) is 18.2 Å². The average molecular weight is 421 g/mol. The number of amides is 1. The number of hydrogen-bond acceptors (Lipinski definition) is 6. The molecule has 31 heavy (non-hydrogen) atoms. The standard InChI is InChI=1S/C24H23NO6/c26-22(16-8-9-18-19(13-16)31-12-11-30-18)20-21(15-5-2-1-3-6-15)25(24(28)23(20)27)14-17-7-4-10-29-17/h1-3,5-6,8-9,13,17,21,26H,4,7,10-12,14H2/t17-,21+/m0/s1. The molecule has 7 nitrogen and oxygen atoms in total. The smallest absolute Gasteiger partial charge is 0.295 e. The molecule has 0 saturated carbocycles. The Kier molecular flexibility index (Phi) is 5.11. The van der Waals surface area contributed by atoms with Crippen molar-refractivity contribution >= 4 is 17.4 Å². The van der Waals surface area contributed by atoms with Gasteiger partial charge in [-0.1, -0.05) is 30.3 Å². The largest absolute Gasteiger partial charge is 0.507 e. The second-order valence-corrected chi connectivity index (χ2v) is 7.86. The zero-order valence-corrected chi connectivity index (χ0v) is 17.0. The van der Waals surface area contributed by atoms with Crippen LogP contribution in [-0.2, 0) is 14.3 Å². The van der Waals surface area contributed by atoms with Crippen LogP contribution in [0.5, 0.6) is 11.5 Å². The number of carbonyl (C=O) groups excluding carboxylic acids is 2. The summed E-state index contributed by atoms with van der Waals surface area (Å²) < 4.78 is 16.9. The van der Waals surface area contributed by atoms with Crippen molar-refractivity contribution in [3.05, 3.63) is 65.2 Å². The van der Waals surface area contributed by atoms with Crippen molar-refractivity contribution in [2.45, 2.75) is 25.0 Å². The lowest BCUT2D eigenvalue weighted by Gasteiger charge is -2.27. The number of ether oxygens (including phenoxy) is 3. The number of aliphatic hydroxyl groups is 1. The minimum absolute atomic E-state index is 0.0749. The summed E-state index contributed by atoms with van der Waals surface area (Å²) in [5, 5.41) is 11.2. The highest BCUT2D eigenvalue weighted by molar-refractivity contribution is 6.46. The van der Waals surface area contributed by atoms with Crippen LogP contribution in [-0.4, -0.2) is 54.2 Å². The van der Waals surface area contributed by atoms with E-state index in [2.05, 4.69) is 0 Å². The fourth-order valence-electron chi connectivity index (χ4n) is 4.40. The van der Waals surface area contributed by atoms with Gasteiger partial charge >= 0.3 is 0 Å². The third kappa shape index (κ3) is 3.55. The maximum Gasteiger partial charge on any atom is 0.295 e. The van der Waals surface area contributed by atoms with Gasteiger partial charge in [0.2, 0.25) is 0 Å². The van der Waals surface area contributed by atoms with Crippen molar-refractivity contribution in [2.24, 2.45) is 0 Å². The highest BCUT2D eigenvalue weighted by atomic mass is 16.6. The summed E-state index contributed by atoms with van der Waals surface area (Å²) in [7, 11) is 0. The van der Waals surface area contributed by atoms with Crippen LogP contribution in [0.3, 0.4) is 0 Å². The minimum Gasteiger partial charge on any atom is -0.507 e. The van der Waals surface area contributed by atoms with Crippen molar-refractivity contribution in [2.75, 3.05) is 26.4 Å². The Balaban J connectivity index is 1.59. The molecule has 0 spiro atoms. The van der Waals surface area contributed by atoms with Gasteiger partial charge in [0.25, 0.3) is 11.7 Å². The average Bonchev–Trinajstić information content (AvgIpc) is 3.41. The van der Waals surface area contributed by atoms with Crippen molar-refractivity contribution < 1.29 is 28.9 Å². The summed E-state index contributed by atoms with van der Waals surface area (Å²) in [6.45, 7) is 1.83. The highest BCUT2D eigenvalue weighted by Gasteiger charge is 2.47. The van der Waals surface area contributed by atoms with Gasteiger partial charge in [0.05, 0.1) is 17.7 Å². The number of hydrogen-bond donors (Lipinski definition) is 1. The summed E-state index contributed by atoms with van der Waals surface area (Å²) in [5.74, 6) is -0.455. The number of benzene rings is 2. The molecule has 2 atom stereocenters. The molecule has 2 fully saturated rings. The molecule has 0 unspecified atom stereocenters. The van der Waals surface area contributed by atoms with Crippen molar-refractivity contribution in [1.29, 1.82) is 0 Å². The van der Waals surface area contributed by atoms with Crippen LogP contribution in [0, 0.1) is 0 Å². The number of Topliss-reactive ketones (excluding diaryl/α,β-unsaturated/α-hetero) is 1. The molecular formula is C24H23NO6. The number of likely N-dealkylation sites (tertiary alicyclic amines) is 1. The second-order valence-electron chi connectivity index (χ2n) is 7.86. The third-order valence-corrected chi connectivity index (χ3v) is 5.90. The number of rotatable bonds is 4. The molecular weight excluding hydrogens is 398 g/mol. The molecule has 1 amide bonds. The van der Waals surface area contributed by atoms with Crippen LogP contribution in [0.2, 0.25) is 0 Å². The lowest BCUT2D eigenvalue weighted by molar-refractivity contribution is -0.140. The minimum atomic E-state index is -0.695. The molecule has 2 saturated heterocycles. The van der Waals surface area contributed by atoms with E-state index in [4.69, 9.17) is 14.2 Å². The molecule has 2 aromatic carbocycles. The third-order valence-electron chi connectivity index (χ3n) is 5.90. The van der Waals surface area contributed by atoms with Gasteiger partial charge in [0.1, 0.15) is 19.0 Å². The first kappa shape index (κ1) is 19.6. The van der Waals surface area contributed by atoms with E-state index in [9.17, 15) is 14.7 Å². The Labute approximate surface area is 179 Å². The van der Waals surface area contributed by atoms with Crippen LogP contribution in [0.4, 0.5) is 0 Å². The number of aliphatic hydroxyl groups excluding tert-OH is 1. The van der Waals surface area contributed by atoms with Gasteiger partial charge in [0, 0.05) is 18.7 Å². The molecule has 3 aliphatic rings. The predicted molar refractivity (Wildman–Crippen MR) is 112 cm³/mol. The van der Waals surface area contributed by atoms with E-state index < -0.39 is 17.7 Å². The van der Waals surface area contributed by atoms with Gasteiger partial charge in [0.15, 0.2) is 11.5 Å². The molecule has 0 radical (unpaired) electrons. The number of fused-ring (bicyclic) bond motifs is 1. The quantitative estimate of drug-likeness (QED) is 0.464. The Hall–Kier alpha value is -3.32. The molecule has 0 aliphatic carbocycles. The Bertz CT molecular complexity index is 1040. The monoisotopic (exact) mass is 421 g/mol. The van der Waals surface area contributed by atoms with Gasteiger partial charge < -0.3 is 24.2 Å². The highest BCUT2D eigenvalue weighted by Crippen LogP contribution is 2.41. The van der Waals surface area contributed by atoms with E-state index in [0.717, 1.165) is 18.4 Å². The van der Waals surface area contributed by atoms with Gasteiger partial charge in [-0.2, -0.15) is 0 Å². The van der Waals surface area contributed by atoms with Gasteiger partial charge in [-0.3, -0.25) is 9.59 Å². The molecule has 3 aliphatic heterocycles. The van der Waals surface area contributed by atoms with Crippen LogP contribution >= 0.6 is 0 Å². The first-order valence-electron chi connectivity index (χ1n) is 10.5. The lowest BCUT2D eigenvalue weighted by atomic mass is 9.95. The normalized spacial score (nSPS) is 24.6. The zero-order chi connectivity index (χ0) is 21.4.